The van der Waals surface area contributed by atoms with Crippen molar-refractivity contribution >= 4 is 43.1 Å². The van der Waals surface area contributed by atoms with E-state index >= 15 is 0 Å². The molecule has 0 radical (unpaired) electrons. The van der Waals surface area contributed by atoms with Gasteiger partial charge in [-0.05, 0) is 45.3 Å². The van der Waals surface area contributed by atoms with Crippen molar-refractivity contribution in [1.82, 2.24) is 0 Å². The van der Waals surface area contributed by atoms with Crippen LogP contribution in [0.15, 0.2) is 16.9 Å². The van der Waals surface area contributed by atoms with E-state index < -0.39 is 24.3 Å². The van der Waals surface area contributed by atoms with E-state index in [0.717, 1.165) is 10.3 Å². The van der Waals surface area contributed by atoms with Gasteiger partial charge in [-0.1, -0.05) is 0 Å². The number of thiophene rings is 1. The number of thiol groups is 1. The van der Waals surface area contributed by atoms with Crippen LogP contribution in [0, 0.1) is 0 Å². The average molecular weight is 326 g/mol. The molecule has 1 aromatic heterocycles. The molecule has 0 unspecified atom stereocenters. The molecule has 1 N–H and O–H groups in total. The Bertz CT molecular complexity index is 561. The number of hydrogen-bond donors (Lipinski definition) is 2. The lowest BCUT2D eigenvalue weighted by Gasteiger charge is -2.32. The Kier molecular flexibility index (Phi) is 4.59. The molecule has 1 fully saturated rings. The second-order valence-corrected chi connectivity index (χ2v) is 7.27. The summed E-state index contributed by atoms with van der Waals surface area (Å²) in [4.78, 5) is 11.8. The summed E-state index contributed by atoms with van der Waals surface area (Å²) in [5, 5.41) is 10.6. The summed E-state index contributed by atoms with van der Waals surface area (Å²) in [6.07, 6.45) is 1.90. The molecular weight excluding hydrogens is 307 g/mol. The SMILES string of the molecule is CC1(C)OB(C(=Cc2cc(C(=O)O)cs2)CS)OC1(C)C. The van der Waals surface area contributed by atoms with Crippen LogP contribution in [0.1, 0.15) is 42.9 Å². The van der Waals surface area contributed by atoms with Crippen LogP contribution in [0.4, 0.5) is 0 Å². The van der Waals surface area contributed by atoms with Crippen molar-refractivity contribution in [1.29, 1.82) is 0 Å². The van der Waals surface area contributed by atoms with Gasteiger partial charge in [0.25, 0.3) is 0 Å². The molecule has 0 aliphatic carbocycles. The topological polar surface area (TPSA) is 55.8 Å². The molecule has 2 heterocycles. The Balaban J connectivity index is 2.24. The first kappa shape index (κ1) is 16.6. The maximum absolute atomic E-state index is 10.9. The summed E-state index contributed by atoms with van der Waals surface area (Å²) < 4.78 is 12.0. The van der Waals surface area contributed by atoms with Crippen LogP contribution in [0.2, 0.25) is 0 Å². The maximum atomic E-state index is 10.9. The lowest BCUT2D eigenvalue weighted by molar-refractivity contribution is 0.00578. The van der Waals surface area contributed by atoms with E-state index in [4.69, 9.17) is 14.4 Å². The second-order valence-electron chi connectivity index (χ2n) is 6.01. The number of carboxylic acids is 1. The molecule has 7 heteroatoms. The van der Waals surface area contributed by atoms with Crippen molar-refractivity contribution in [3.8, 4) is 0 Å². The first-order valence-corrected chi connectivity index (χ1v) is 8.16. The van der Waals surface area contributed by atoms with Gasteiger partial charge in [0.2, 0.25) is 0 Å². The Labute approximate surface area is 134 Å². The molecule has 1 aromatic rings. The van der Waals surface area contributed by atoms with Crippen LogP contribution in [-0.4, -0.2) is 35.1 Å². The third-order valence-corrected chi connectivity index (χ3v) is 5.18. The standard InChI is InChI=1S/C14H19BO4S2/c1-13(2)14(3,4)19-15(18-13)10(7-20)6-11-5-9(8-21-11)12(16)17/h5-6,8,20H,7H2,1-4H3,(H,16,17). The molecule has 0 saturated carbocycles. The number of carboxylic acid groups (broad SMARTS) is 1. The van der Waals surface area contributed by atoms with E-state index in [1.54, 1.807) is 11.4 Å². The zero-order chi connectivity index (χ0) is 15.8. The number of carbonyl (C=O) groups is 1. The third-order valence-electron chi connectivity index (χ3n) is 3.93. The van der Waals surface area contributed by atoms with Crippen molar-refractivity contribution < 1.29 is 19.2 Å². The fourth-order valence-corrected chi connectivity index (χ4v) is 2.99. The molecule has 4 nitrogen and oxygen atoms in total. The van der Waals surface area contributed by atoms with E-state index in [9.17, 15) is 4.79 Å². The molecule has 1 aliphatic heterocycles. The quantitative estimate of drug-likeness (QED) is 0.658. The molecular formula is C14H19BO4S2. The highest BCUT2D eigenvalue weighted by atomic mass is 32.1. The predicted octanol–water partition coefficient (Wildman–Crippen LogP) is 3.39. The second kappa shape index (κ2) is 5.80. The highest BCUT2D eigenvalue weighted by Gasteiger charge is 2.52. The van der Waals surface area contributed by atoms with Crippen molar-refractivity contribution in [2.45, 2.75) is 38.9 Å². The van der Waals surface area contributed by atoms with Gasteiger partial charge in [0.15, 0.2) is 0 Å². The number of hydrogen-bond acceptors (Lipinski definition) is 5. The molecule has 2 rings (SSSR count). The number of aromatic carboxylic acids is 1. The maximum Gasteiger partial charge on any atom is 0.491 e. The van der Waals surface area contributed by atoms with E-state index in [1.807, 2.05) is 33.8 Å². The minimum Gasteiger partial charge on any atom is -0.478 e. The van der Waals surface area contributed by atoms with Gasteiger partial charge in [-0.15, -0.1) is 11.3 Å². The lowest BCUT2D eigenvalue weighted by atomic mass is 9.79. The Morgan fingerprint density at radius 2 is 1.95 bits per heavy atom. The van der Waals surface area contributed by atoms with Crippen LogP contribution in [0.25, 0.3) is 6.08 Å². The molecule has 0 atom stereocenters. The Morgan fingerprint density at radius 3 is 2.38 bits per heavy atom. The smallest absolute Gasteiger partial charge is 0.478 e. The Hall–Kier alpha value is -0.755. The average Bonchev–Trinajstić information content (AvgIpc) is 2.90. The van der Waals surface area contributed by atoms with Crippen molar-refractivity contribution in [2.75, 3.05) is 5.75 Å². The van der Waals surface area contributed by atoms with Gasteiger partial charge in [0.1, 0.15) is 0 Å². The van der Waals surface area contributed by atoms with Crippen molar-refractivity contribution in [2.24, 2.45) is 0 Å². The van der Waals surface area contributed by atoms with Gasteiger partial charge in [0.05, 0.1) is 16.8 Å². The van der Waals surface area contributed by atoms with Crippen molar-refractivity contribution in [3.05, 3.63) is 27.4 Å². The van der Waals surface area contributed by atoms with Gasteiger partial charge < -0.3 is 14.4 Å². The van der Waals surface area contributed by atoms with Gasteiger partial charge in [-0.3, -0.25) is 0 Å². The van der Waals surface area contributed by atoms with Crippen LogP contribution in [0.5, 0.6) is 0 Å². The summed E-state index contributed by atoms with van der Waals surface area (Å²) in [5.41, 5.74) is 0.373. The normalized spacial score (nSPS) is 20.8. The molecule has 0 spiro atoms. The summed E-state index contributed by atoms with van der Waals surface area (Å²) in [6, 6.07) is 1.64. The van der Waals surface area contributed by atoms with E-state index in [2.05, 4.69) is 12.6 Å². The van der Waals surface area contributed by atoms with Gasteiger partial charge >= 0.3 is 13.1 Å². The molecule has 0 aromatic carbocycles. The minimum absolute atomic E-state index is 0.290. The Morgan fingerprint density at radius 1 is 1.38 bits per heavy atom. The van der Waals surface area contributed by atoms with Gasteiger partial charge in [0, 0.05) is 16.0 Å². The fourth-order valence-electron chi connectivity index (χ4n) is 1.91. The lowest BCUT2D eigenvalue weighted by Crippen LogP contribution is -2.41. The predicted molar refractivity (Wildman–Crippen MR) is 89.2 cm³/mol. The van der Waals surface area contributed by atoms with E-state index in [-0.39, 0.29) is 0 Å². The minimum atomic E-state index is -0.922. The molecule has 21 heavy (non-hydrogen) atoms. The zero-order valence-electron chi connectivity index (χ0n) is 12.5. The third kappa shape index (κ3) is 3.36. The first-order valence-electron chi connectivity index (χ1n) is 6.65. The van der Waals surface area contributed by atoms with Gasteiger partial charge in [-0.25, -0.2) is 4.79 Å². The van der Waals surface area contributed by atoms with Gasteiger partial charge in [-0.2, -0.15) is 12.6 Å². The van der Waals surface area contributed by atoms with Crippen LogP contribution >= 0.6 is 24.0 Å². The largest absolute Gasteiger partial charge is 0.491 e. The fraction of sp³-hybridized carbons (Fsp3) is 0.500. The molecule has 0 bridgehead atoms. The first-order chi connectivity index (χ1) is 9.66. The molecule has 0 amide bonds. The summed E-state index contributed by atoms with van der Waals surface area (Å²) >= 11 is 5.72. The highest BCUT2D eigenvalue weighted by Crippen LogP contribution is 2.39. The van der Waals surface area contributed by atoms with E-state index in [1.165, 1.54) is 11.3 Å². The molecule has 1 saturated heterocycles. The zero-order valence-corrected chi connectivity index (χ0v) is 14.3. The van der Waals surface area contributed by atoms with Crippen LogP contribution in [-0.2, 0) is 9.31 Å². The summed E-state index contributed by atoms with van der Waals surface area (Å²) in [7, 11) is -0.456. The molecule has 1 aliphatic rings. The molecule has 114 valence electrons. The van der Waals surface area contributed by atoms with Crippen LogP contribution < -0.4 is 0 Å². The van der Waals surface area contributed by atoms with Crippen LogP contribution in [0.3, 0.4) is 0 Å². The van der Waals surface area contributed by atoms with E-state index in [0.29, 0.717) is 11.3 Å². The summed E-state index contributed by atoms with van der Waals surface area (Å²) in [6.45, 7) is 7.99. The monoisotopic (exact) mass is 326 g/mol. The van der Waals surface area contributed by atoms with Crippen molar-refractivity contribution in [3.63, 3.8) is 0 Å². The summed E-state index contributed by atoms with van der Waals surface area (Å²) in [5.74, 6) is -0.439. The highest BCUT2D eigenvalue weighted by molar-refractivity contribution is 7.80. The number of rotatable bonds is 4.